The zero-order valence-electron chi connectivity index (χ0n) is 15.7. The summed E-state index contributed by atoms with van der Waals surface area (Å²) >= 11 is 2.06. The van der Waals surface area contributed by atoms with Crippen LogP contribution in [0.3, 0.4) is 0 Å². The summed E-state index contributed by atoms with van der Waals surface area (Å²) in [6.07, 6.45) is 2.37. The van der Waals surface area contributed by atoms with E-state index < -0.39 is 0 Å². The minimum absolute atomic E-state index is 0.153. The molecule has 1 atom stereocenters. The molecular weight excluding hydrogens is 336 g/mol. The summed E-state index contributed by atoms with van der Waals surface area (Å²) in [5.74, 6) is 3.02. The fraction of sp³-hybridized carbons (Fsp3) is 0.667. The van der Waals surface area contributed by atoms with Crippen molar-refractivity contribution >= 4 is 23.6 Å². The van der Waals surface area contributed by atoms with Gasteiger partial charge >= 0.3 is 0 Å². The normalized spacial score (nSPS) is 18.5. The molecule has 0 aromatic carbocycles. The van der Waals surface area contributed by atoms with Gasteiger partial charge in [0.25, 0.3) is 5.91 Å². The number of hydrogen-bond donors (Lipinski definition) is 2. The monoisotopic (exact) mass is 366 g/mol. The summed E-state index contributed by atoms with van der Waals surface area (Å²) in [7, 11) is 1.83. The molecule has 1 saturated heterocycles. The Morgan fingerprint density at radius 1 is 1.44 bits per heavy atom. The predicted molar refractivity (Wildman–Crippen MR) is 104 cm³/mol. The lowest BCUT2D eigenvalue weighted by molar-refractivity contribution is 0.0925. The van der Waals surface area contributed by atoms with E-state index in [1.54, 1.807) is 6.07 Å². The van der Waals surface area contributed by atoms with Gasteiger partial charge < -0.3 is 20.0 Å². The lowest BCUT2D eigenvalue weighted by atomic mass is 10.1. The van der Waals surface area contributed by atoms with Crippen molar-refractivity contribution in [2.75, 3.05) is 39.0 Å². The summed E-state index contributed by atoms with van der Waals surface area (Å²) in [5.41, 5.74) is 0.860. The van der Waals surface area contributed by atoms with Crippen LogP contribution in [0, 0.1) is 12.8 Å². The number of furan rings is 1. The van der Waals surface area contributed by atoms with Crippen LogP contribution in [0.25, 0.3) is 0 Å². The zero-order valence-corrected chi connectivity index (χ0v) is 16.5. The van der Waals surface area contributed by atoms with Crippen molar-refractivity contribution in [1.82, 2.24) is 15.5 Å². The molecule has 140 valence electrons. The largest absolute Gasteiger partial charge is 0.459 e. The highest BCUT2D eigenvalue weighted by atomic mass is 32.2. The highest BCUT2D eigenvalue weighted by Crippen LogP contribution is 2.24. The van der Waals surface area contributed by atoms with E-state index in [0.717, 1.165) is 43.3 Å². The highest BCUT2D eigenvalue weighted by Gasteiger charge is 2.24. The molecule has 2 heterocycles. The molecule has 0 bridgehead atoms. The van der Waals surface area contributed by atoms with Crippen LogP contribution in [-0.2, 0) is 0 Å². The number of carbonyl (C=O) groups is 1. The van der Waals surface area contributed by atoms with Crippen LogP contribution in [0.2, 0.25) is 0 Å². The molecule has 1 aromatic rings. The van der Waals surface area contributed by atoms with Crippen LogP contribution in [0.15, 0.2) is 21.7 Å². The number of guanidine groups is 1. The van der Waals surface area contributed by atoms with Crippen molar-refractivity contribution in [1.29, 1.82) is 0 Å². The summed E-state index contributed by atoms with van der Waals surface area (Å²) in [6, 6.07) is 1.79. The first kappa shape index (κ1) is 19.7. The molecule has 25 heavy (non-hydrogen) atoms. The second kappa shape index (κ2) is 9.75. The van der Waals surface area contributed by atoms with Gasteiger partial charge in [-0.1, -0.05) is 13.8 Å². The molecule has 1 unspecified atom stereocenters. The van der Waals surface area contributed by atoms with E-state index in [1.807, 2.05) is 14.0 Å². The topological polar surface area (TPSA) is 69.9 Å². The fourth-order valence-corrected chi connectivity index (χ4v) is 4.08. The smallest absolute Gasteiger partial charge is 0.287 e. The first-order valence-corrected chi connectivity index (χ1v) is 9.97. The van der Waals surface area contributed by atoms with Gasteiger partial charge in [-0.2, -0.15) is 11.8 Å². The van der Waals surface area contributed by atoms with Crippen molar-refractivity contribution in [3.63, 3.8) is 0 Å². The van der Waals surface area contributed by atoms with E-state index in [1.165, 1.54) is 6.26 Å². The number of aryl methyl sites for hydroxylation is 1. The first-order chi connectivity index (χ1) is 12.0. The van der Waals surface area contributed by atoms with Gasteiger partial charge in [-0.15, -0.1) is 0 Å². The van der Waals surface area contributed by atoms with Crippen LogP contribution < -0.4 is 10.6 Å². The third kappa shape index (κ3) is 5.70. The molecule has 0 saturated carbocycles. The van der Waals surface area contributed by atoms with E-state index in [9.17, 15) is 4.79 Å². The lowest BCUT2D eigenvalue weighted by Gasteiger charge is -2.36. The van der Waals surface area contributed by atoms with Gasteiger partial charge in [0.1, 0.15) is 0 Å². The Kier molecular flexibility index (Phi) is 7.68. The van der Waals surface area contributed by atoms with Crippen molar-refractivity contribution in [3.05, 3.63) is 23.7 Å². The molecule has 1 aliphatic rings. The Morgan fingerprint density at radius 2 is 2.20 bits per heavy atom. The number of nitrogens with zero attached hydrogens (tertiary/aromatic N) is 2. The Morgan fingerprint density at radius 3 is 2.84 bits per heavy atom. The average molecular weight is 367 g/mol. The van der Waals surface area contributed by atoms with Crippen LogP contribution in [0.4, 0.5) is 0 Å². The quantitative estimate of drug-likeness (QED) is 0.459. The minimum Gasteiger partial charge on any atom is -0.459 e. The summed E-state index contributed by atoms with van der Waals surface area (Å²) in [6.45, 7) is 9.87. The average Bonchev–Trinajstić information content (AvgIpc) is 3.04. The van der Waals surface area contributed by atoms with E-state index >= 15 is 0 Å². The molecule has 6 nitrogen and oxygen atoms in total. The molecule has 7 heteroatoms. The minimum atomic E-state index is -0.153. The number of amides is 1. The first-order valence-electron chi connectivity index (χ1n) is 8.92. The summed E-state index contributed by atoms with van der Waals surface area (Å²) in [4.78, 5) is 18.7. The highest BCUT2D eigenvalue weighted by molar-refractivity contribution is 8.00. The Labute approximate surface area is 154 Å². The van der Waals surface area contributed by atoms with Gasteiger partial charge in [0.05, 0.1) is 6.26 Å². The van der Waals surface area contributed by atoms with E-state index in [0.29, 0.717) is 23.5 Å². The van der Waals surface area contributed by atoms with Gasteiger partial charge in [0, 0.05) is 49.8 Å². The molecule has 1 aliphatic heterocycles. The number of carbonyl (C=O) groups excluding carboxylic acids is 1. The van der Waals surface area contributed by atoms with E-state index in [2.05, 4.69) is 46.1 Å². The fourth-order valence-electron chi connectivity index (χ4n) is 2.78. The van der Waals surface area contributed by atoms with Crippen molar-refractivity contribution in [3.8, 4) is 0 Å². The molecule has 1 fully saturated rings. The Hall–Kier alpha value is -1.63. The van der Waals surface area contributed by atoms with Crippen molar-refractivity contribution < 1.29 is 9.21 Å². The maximum absolute atomic E-state index is 12.0. The number of nitrogens with one attached hydrogen (secondary N) is 2. The van der Waals surface area contributed by atoms with Gasteiger partial charge in [-0.25, -0.2) is 0 Å². The standard InChI is InChI=1S/C18H30N4O2S/c1-13(2)15-12-22(9-11-25-15)18(19-4)21-8-5-7-20-17(23)16-14(3)6-10-24-16/h6,10,13,15H,5,7-9,11-12H2,1-4H3,(H,19,21)(H,20,23). The van der Waals surface area contributed by atoms with Gasteiger partial charge in [0.2, 0.25) is 0 Å². The van der Waals surface area contributed by atoms with Crippen LogP contribution in [-0.4, -0.2) is 61.0 Å². The van der Waals surface area contributed by atoms with E-state index in [-0.39, 0.29) is 5.91 Å². The lowest BCUT2D eigenvalue weighted by Crippen LogP contribution is -2.49. The zero-order chi connectivity index (χ0) is 18.2. The third-order valence-corrected chi connectivity index (χ3v) is 5.88. The second-order valence-corrected chi connectivity index (χ2v) is 7.96. The molecule has 0 radical (unpaired) electrons. The SMILES string of the molecule is CN=C(NCCCNC(=O)c1occc1C)N1CCSC(C(C)C)C1. The molecule has 0 aliphatic carbocycles. The van der Waals surface area contributed by atoms with Gasteiger partial charge in [-0.3, -0.25) is 9.79 Å². The number of thioether (sulfide) groups is 1. The molecule has 2 rings (SSSR count). The maximum atomic E-state index is 12.0. The second-order valence-electron chi connectivity index (χ2n) is 6.62. The summed E-state index contributed by atoms with van der Waals surface area (Å²) < 4.78 is 5.19. The van der Waals surface area contributed by atoms with Crippen molar-refractivity contribution in [2.24, 2.45) is 10.9 Å². The van der Waals surface area contributed by atoms with E-state index in [4.69, 9.17) is 4.42 Å². The number of hydrogen-bond acceptors (Lipinski definition) is 4. The van der Waals surface area contributed by atoms with Gasteiger partial charge in [-0.05, 0) is 25.3 Å². The maximum Gasteiger partial charge on any atom is 0.287 e. The molecule has 0 spiro atoms. The molecule has 2 N–H and O–H groups in total. The Balaban J connectivity index is 1.69. The molecule has 1 aromatic heterocycles. The van der Waals surface area contributed by atoms with Crippen molar-refractivity contribution in [2.45, 2.75) is 32.4 Å². The van der Waals surface area contributed by atoms with Crippen LogP contribution >= 0.6 is 11.8 Å². The predicted octanol–water partition coefficient (Wildman–Crippen LogP) is 2.36. The van der Waals surface area contributed by atoms with Crippen LogP contribution in [0.5, 0.6) is 0 Å². The summed E-state index contributed by atoms with van der Waals surface area (Å²) in [5, 5.41) is 6.96. The Bertz CT molecular complexity index is 585. The number of rotatable bonds is 6. The van der Waals surface area contributed by atoms with Crippen LogP contribution in [0.1, 0.15) is 36.4 Å². The third-order valence-electron chi connectivity index (χ3n) is 4.34. The van der Waals surface area contributed by atoms with Gasteiger partial charge in [0.15, 0.2) is 11.7 Å². The molecular formula is C18H30N4O2S. The molecule has 1 amide bonds. The number of aliphatic imine (C=N–C) groups is 1.